The van der Waals surface area contributed by atoms with Gasteiger partial charge in [-0.2, -0.15) is 0 Å². The number of benzene rings is 1. The number of fused-ring (bicyclic) bond motifs is 1. The van der Waals surface area contributed by atoms with Crippen LogP contribution in [0.5, 0.6) is 0 Å². The SMILES string of the molecule is CO[C@@H]1[C@@H](n2cc(-c3ccc(Cl)c(F)c3F)nn2)[C@H]2OC(C)(C)OC[C@H]2O[C@@H]1CN=[N+]=[N-]. The number of hydrogen-bond acceptors (Lipinski definition) is 7. The zero-order valence-corrected chi connectivity index (χ0v) is 18.2. The van der Waals surface area contributed by atoms with E-state index in [0.29, 0.717) is 0 Å². The lowest BCUT2D eigenvalue weighted by Crippen LogP contribution is -2.63. The molecule has 13 heteroatoms. The molecule has 0 amide bonds. The molecule has 0 unspecified atom stereocenters. The Morgan fingerprint density at radius 2 is 2.16 bits per heavy atom. The summed E-state index contributed by atoms with van der Waals surface area (Å²) in [5, 5.41) is 11.5. The highest BCUT2D eigenvalue weighted by molar-refractivity contribution is 6.30. The van der Waals surface area contributed by atoms with Crippen molar-refractivity contribution >= 4 is 11.6 Å². The van der Waals surface area contributed by atoms with E-state index in [4.69, 9.17) is 36.1 Å². The minimum atomic E-state index is -1.16. The fourth-order valence-corrected chi connectivity index (χ4v) is 4.20. The lowest BCUT2D eigenvalue weighted by molar-refractivity contribution is -0.348. The number of azide groups is 1. The highest BCUT2D eigenvalue weighted by Crippen LogP contribution is 2.40. The van der Waals surface area contributed by atoms with Gasteiger partial charge in [-0.15, -0.1) is 5.10 Å². The molecule has 2 aliphatic heterocycles. The van der Waals surface area contributed by atoms with Crippen LogP contribution in [0.3, 0.4) is 0 Å². The van der Waals surface area contributed by atoms with E-state index in [1.807, 2.05) is 0 Å². The number of ether oxygens (including phenoxy) is 4. The first-order valence-electron chi connectivity index (χ1n) is 9.82. The molecular weight excluding hydrogens is 450 g/mol. The van der Waals surface area contributed by atoms with Gasteiger partial charge in [-0.1, -0.05) is 21.9 Å². The van der Waals surface area contributed by atoms with Gasteiger partial charge in [0, 0.05) is 17.6 Å². The van der Waals surface area contributed by atoms with Crippen LogP contribution in [0.25, 0.3) is 21.7 Å². The third-order valence-electron chi connectivity index (χ3n) is 5.49. The van der Waals surface area contributed by atoms with Gasteiger partial charge in [0.25, 0.3) is 0 Å². The molecule has 0 aliphatic carbocycles. The molecule has 2 aliphatic rings. The fourth-order valence-electron chi connectivity index (χ4n) is 4.06. The van der Waals surface area contributed by atoms with Gasteiger partial charge in [-0.05, 0) is 31.5 Å². The van der Waals surface area contributed by atoms with Crippen LogP contribution in [-0.4, -0.2) is 65.5 Å². The third-order valence-corrected chi connectivity index (χ3v) is 5.79. The Balaban J connectivity index is 1.74. The molecule has 0 N–H and O–H groups in total. The van der Waals surface area contributed by atoms with Gasteiger partial charge >= 0.3 is 0 Å². The van der Waals surface area contributed by atoms with Crippen molar-refractivity contribution in [2.75, 3.05) is 20.3 Å². The molecular formula is C19H21ClF2N6O4. The van der Waals surface area contributed by atoms with Crippen LogP contribution in [0.1, 0.15) is 19.9 Å². The molecule has 2 saturated heterocycles. The summed E-state index contributed by atoms with van der Waals surface area (Å²) in [6.07, 6.45) is -0.852. The van der Waals surface area contributed by atoms with E-state index in [-0.39, 0.29) is 29.4 Å². The van der Waals surface area contributed by atoms with Crippen LogP contribution in [0.2, 0.25) is 5.02 Å². The quantitative estimate of drug-likeness (QED) is 0.285. The molecule has 0 radical (unpaired) electrons. The largest absolute Gasteiger partial charge is 0.376 e. The van der Waals surface area contributed by atoms with Gasteiger partial charge in [0.2, 0.25) is 0 Å². The number of halogens is 3. The number of hydrogen-bond donors (Lipinski definition) is 0. The lowest BCUT2D eigenvalue weighted by atomic mass is 9.91. The molecule has 0 bridgehead atoms. The van der Waals surface area contributed by atoms with E-state index in [9.17, 15) is 8.78 Å². The van der Waals surface area contributed by atoms with Crippen LogP contribution in [-0.2, 0) is 18.9 Å². The Kier molecular flexibility index (Phi) is 6.35. The van der Waals surface area contributed by atoms with Gasteiger partial charge in [0.1, 0.15) is 30.0 Å². The van der Waals surface area contributed by atoms with E-state index >= 15 is 0 Å². The zero-order valence-electron chi connectivity index (χ0n) is 17.5. The molecule has 4 rings (SSSR count). The number of aromatic nitrogens is 3. The average molecular weight is 471 g/mol. The second-order valence-corrected chi connectivity index (χ2v) is 8.32. The highest BCUT2D eigenvalue weighted by atomic mass is 35.5. The Hall–Kier alpha value is -2.34. The van der Waals surface area contributed by atoms with E-state index in [1.165, 1.54) is 30.1 Å². The monoisotopic (exact) mass is 470 g/mol. The van der Waals surface area contributed by atoms with Crippen molar-refractivity contribution in [1.29, 1.82) is 0 Å². The van der Waals surface area contributed by atoms with E-state index in [2.05, 4.69) is 20.3 Å². The average Bonchev–Trinajstić information content (AvgIpc) is 3.24. The molecule has 32 heavy (non-hydrogen) atoms. The van der Waals surface area contributed by atoms with Gasteiger partial charge in [0.15, 0.2) is 17.4 Å². The van der Waals surface area contributed by atoms with Gasteiger partial charge < -0.3 is 18.9 Å². The second kappa shape index (κ2) is 8.89. The first kappa shape index (κ1) is 22.8. The summed E-state index contributed by atoms with van der Waals surface area (Å²) >= 11 is 5.65. The van der Waals surface area contributed by atoms with Gasteiger partial charge in [0.05, 0.1) is 30.5 Å². The molecule has 1 aromatic carbocycles. The summed E-state index contributed by atoms with van der Waals surface area (Å²) in [5.41, 5.74) is 8.76. The van der Waals surface area contributed by atoms with Crippen molar-refractivity contribution in [2.45, 2.75) is 50.1 Å². The molecule has 0 saturated carbocycles. The van der Waals surface area contributed by atoms with Crippen molar-refractivity contribution in [1.82, 2.24) is 15.0 Å². The predicted molar refractivity (Wildman–Crippen MR) is 108 cm³/mol. The smallest absolute Gasteiger partial charge is 0.178 e. The predicted octanol–water partition coefficient (Wildman–Crippen LogP) is 3.66. The van der Waals surface area contributed by atoms with Crippen LogP contribution >= 0.6 is 11.6 Å². The van der Waals surface area contributed by atoms with E-state index in [0.717, 1.165) is 0 Å². The Bertz CT molecular complexity index is 1050. The summed E-state index contributed by atoms with van der Waals surface area (Å²) in [4.78, 5) is 2.80. The van der Waals surface area contributed by atoms with Crippen molar-refractivity contribution < 1.29 is 27.7 Å². The minimum absolute atomic E-state index is 0.0106. The maximum absolute atomic E-state index is 14.4. The summed E-state index contributed by atoms with van der Waals surface area (Å²) in [7, 11) is 1.49. The topological polar surface area (TPSA) is 116 Å². The van der Waals surface area contributed by atoms with Crippen LogP contribution in [0.15, 0.2) is 23.4 Å². The fraction of sp³-hybridized carbons (Fsp3) is 0.579. The second-order valence-electron chi connectivity index (χ2n) is 7.92. The molecule has 3 heterocycles. The van der Waals surface area contributed by atoms with Gasteiger partial charge in [-0.3, -0.25) is 0 Å². The molecule has 1 aromatic heterocycles. The molecule has 172 valence electrons. The summed E-state index contributed by atoms with van der Waals surface area (Å²) in [5.74, 6) is -3.18. The molecule has 5 atom stereocenters. The first-order valence-corrected chi connectivity index (χ1v) is 10.2. The lowest BCUT2D eigenvalue weighted by Gasteiger charge is -2.50. The van der Waals surface area contributed by atoms with E-state index in [1.54, 1.807) is 13.8 Å². The Morgan fingerprint density at radius 1 is 1.38 bits per heavy atom. The van der Waals surface area contributed by atoms with E-state index < -0.39 is 47.9 Å². The third kappa shape index (κ3) is 4.17. The van der Waals surface area contributed by atoms with Crippen molar-refractivity contribution in [3.05, 3.63) is 45.4 Å². The van der Waals surface area contributed by atoms with Crippen LogP contribution in [0.4, 0.5) is 8.78 Å². The maximum Gasteiger partial charge on any atom is 0.178 e. The highest BCUT2D eigenvalue weighted by Gasteiger charge is 2.52. The molecule has 0 spiro atoms. The molecule has 2 fully saturated rings. The van der Waals surface area contributed by atoms with Crippen molar-refractivity contribution in [2.24, 2.45) is 5.11 Å². The summed E-state index contributed by atoms with van der Waals surface area (Å²) in [6, 6.07) is 1.99. The first-order chi connectivity index (χ1) is 15.3. The number of rotatable bonds is 5. The number of nitrogens with zero attached hydrogens (tertiary/aromatic N) is 6. The normalized spacial score (nSPS) is 29.2. The Morgan fingerprint density at radius 3 is 2.88 bits per heavy atom. The molecule has 10 nitrogen and oxygen atoms in total. The molecule has 2 aromatic rings. The summed E-state index contributed by atoms with van der Waals surface area (Å²) in [6.45, 7) is 3.78. The standard InChI is InChI=1S/C19H21ClF2N6O4/c1-19(2)30-8-13-18(32-19)16(17(29-3)12(31-13)6-24-26-23)28-7-11(25-27-28)9-4-5-10(20)15(22)14(9)21/h4-5,7,12-13,16-18H,6,8H2,1-3H3/t12-,13-,16-,17+,18+/m1/s1. The van der Waals surface area contributed by atoms with Crippen LogP contribution < -0.4 is 0 Å². The number of methoxy groups -OCH3 is 1. The summed E-state index contributed by atoms with van der Waals surface area (Å²) < 4.78 is 53.5. The van der Waals surface area contributed by atoms with Crippen LogP contribution in [0, 0.1) is 11.6 Å². The van der Waals surface area contributed by atoms with Crippen molar-refractivity contribution in [3.63, 3.8) is 0 Å². The Labute approximate surface area is 187 Å². The minimum Gasteiger partial charge on any atom is -0.376 e. The van der Waals surface area contributed by atoms with Gasteiger partial charge in [-0.25, -0.2) is 13.5 Å². The maximum atomic E-state index is 14.4. The van der Waals surface area contributed by atoms with Crippen molar-refractivity contribution in [3.8, 4) is 11.3 Å². The zero-order chi connectivity index (χ0) is 23.0.